The van der Waals surface area contributed by atoms with Crippen molar-refractivity contribution in [1.82, 2.24) is 0 Å². The minimum atomic E-state index is -3.98. The van der Waals surface area contributed by atoms with Gasteiger partial charge >= 0.3 is 5.97 Å². The molecule has 2 aromatic rings. The number of methoxy groups -OCH3 is 1. The maximum Gasteiger partial charge on any atom is 0.337 e. The molecule has 1 amide bonds. The Balaban J connectivity index is 2.01. The highest BCUT2D eigenvalue weighted by Gasteiger charge is 2.35. The van der Waals surface area contributed by atoms with Gasteiger partial charge in [0.05, 0.1) is 18.4 Å². The van der Waals surface area contributed by atoms with Crippen molar-refractivity contribution in [2.24, 2.45) is 0 Å². The van der Waals surface area contributed by atoms with E-state index in [4.69, 9.17) is 0 Å². The molecule has 0 saturated carbocycles. The van der Waals surface area contributed by atoms with Crippen LogP contribution in [0.4, 0.5) is 11.4 Å². The van der Waals surface area contributed by atoms with Crippen molar-refractivity contribution in [3.05, 3.63) is 52.0 Å². The average molecular weight is 467 g/mol. The summed E-state index contributed by atoms with van der Waals surface area (Å²) in [5, 5.41) is 0. The third-order valence-corrected chi connectivity index (χ3v) is 6.36. The molecule has 1 heterocycles. The van der Waals surface area contributed by atoms with Crippen molar-refractivity contribution < 1.29 is 22.7 Å². The van der Waals surface area contributed by atoms with Crippen LogP contribution >= 0.6 is 15.9 Å². The number of amides is 1. The number of halogens is 1. The molecule has 0 bridgehead atoms. The van der Waals surface area contributed by atoms with Gasteiger partial charge in [-0.25, -0.2) is 13.2 Å². The van der Waals surface area contributed by atoms with Crippen molar-refractivity contribution >= 4 is 49.2 Å². The number of rotatable bonds is 4. The predicted molar refractivity (Wildman–Crippen MR) is 109 cm³/mol. The fourth-order valence-electron chi connectivity index (χ4n) is 3.36. The van der Waals surface area contributed by atoms with E-state index in [-0.39, 0.29) is 16.8 Å². The molecular formula is C19H19BrN2O5S. The number of nitrogens with one attached hydrogen (secondary N) is 1. The van der Waals surface area contributed by atoms with Crippen LogP contribution in [0.5, 0.6) is 0 Å². The molecule has 3 rings (SSSR count). The van der Waals surface area contributed by atoms with Crippen LogP contribution in [0.2, 0.25) is 0 Å². The van der Waals surface area contributed by atoms with E-state index < -0.39 is 16.0 Å². The highest BCUT2D eigenvalue weighted by atomic mass is 79.9. The van der Waals surface area contributed by atoms with E-state index in [9.17, 15) is 18.0 Å². The Hall–Kier alpha value is -2.39. The Bertz CT molecular complexity index is 1050. The number of hydrogen-bond donors (Lipinski definition) is 1. The van der Waals surface area contributed by atoms with Gasteiger partial charge in [0, 0.05) is 23.1 Å². The van der Waals surface area contributed by atoms with Gasteiger partial charge in [0.15, 0.2) is 0 Å². The topological polar surface area (TPSA) is 92.8 Å². The Morgan fingerprint density at radius 3 is 2.43 bits per heavy atom. The summed E-state index contributed by atoms with van der Waals surface area (Å²) in [7, 11) is -2.71. The maximum atomic E-state index is 13.1. The molecular weight excluding hydrogens is 448 g/mol. The van der Waals surface area contributed by atoms with Crippen LogP contribution in [0.3, 0.4) is 0 Å². The number of fused-ring (bicyclic) bond motifs is 1. The summed E-state index contributed by atoms with van der Waals surface area (Å²) >= 11 is 3.36. The van der Waals surface area contributed by atoms with Crippen molar-refractivity contribution in [1.29, 1.82) is 0 Å². The number of hydrogen-bond acceptors (Lipinski definition) is 5. The third kappa shape index (κ3) is 3.77. The van der Waals surface area contributed by atoms with E-state index in [1.807, 2.05) is 13.0 Å². The quantitative estimate of drug-likeness (QED) is 0.697. The second-order valence-corrected chi connectivity index (χ2v) is 9.09. The average Bonchev–Trinajstić information content (AvgIpc) is 2.96. The smallest absolute Gasteiger partial charge is 0.337 e. The first kappa shape index (κ1) is 20.3. The molecule has 0 saturated heterocycles. The van der Waals surface area contributed by atoms with E-state index in [1.54, 1.807) is 0 Å². The van der Waals surface area contributed by atoms with Crippen molar-refractivity contribution in [3.8, 4) is 0 Å². The van der Waals surface area contributed by atoms with Gasteiger partial charge in [0.25, 0.3) is 10.0 Å². The van der Waals surface area contributed by atoms with Crippen LogP contribution < -0.4 is 9.62 Å². The second kappa shape index (κ2) is 7.56. The number of anilines is 2. The summed E-state index contributed by atoms with van der Waals surface area (Å²) in [6, 6.07) is 9.09. The molecule has 0 fully saturated rings. The lowest BCUT2D eigenvalue weighted by atomic mass is 10.1. The SMILES string of the molecule is COC(=O)c1ccc(NS(=O)(=O)c2cc(Br)cc3c2N(C(C)=O)C(C)C3)cc1. The van der Waals surface area contributed by atoms with E-state index >= 15 is 0 Å². The lowest BCUT2D eigenvalue weighted by molar-refractivity contribution is -0.116. The van der Waals surface area contributed by atoms with E-state index in [1.165, 1.54) is 49.3 Å². The fraction of sp³-hybridized carbons (Fsp3) is 0.263. The number of ether oxygens (including phenoxy) is 1. The number of benzene rings is 2. The molecule has 1 N–H and O–H groups in total. The van der Waals surface area contributed by atoms with Crippen LogP contribution in [0, 0.1) is 0 Å². The molecule has 2 aromatic carbocycles. The van der Waals surface area contributed by atoms with Crippen molar-refractivity contribution in [2.75, 3.05) is 16.7 Å². The lowest BCUT2D eigenvalue weighted by Crippen LogP contribution is -2.34. The number of carbonyl (C=O) groups is 2. The first-order valence-electron chi connectivity index (χ1n) is 8.47. The summed E-state index contributed by atoms with van der Waals surface area (Å²) < 4.78 is 34.0. The largest absolute Gasteiger partial charge is 0.465 e. The highest BCUT2D eigenvalue weighted by Crippen LogP contribution is 2.40. The Morgan fingerprint density at radius 2 is 1.86 bits per heavy atom. The zero-order valence-corrected chi connectivity index (χ0v) is 17.9. The normalized spacial score (nSPS) is 15.9. The summed E-state index contributed by atoms with van der Waals surface area (Å²) in [6.45, 7) is 3.30. The lowest BCUT2D eigenvalue weighted by Gasteiger charge is -2.23. The van der Waals surface area contributed by atoms with E-state index in [0.29, 0.717) is 27.8 Å². The highest BCUT2D eigenvalue weighted by molar-refractivity contribution is 9.10. The van der Waals surface area contributed by atoms with Gasteiger partial charge in [-0.05, 0) is 55.3 Å². The summed E-state index contributed by atoms with van der Waals surface area (Å²) in [4.78, 5) is 25.2. The van der Waals surface area contributed by atoms with Crippen molar-refractivity contribution in [3.63, 3.8) is 0 Å². The summed E-state index contributed by atoms with van der Waals surface area (Å²) in [5.74, 6) is -0.724. The Morgan fingerprint density at radius 1 is 1.21 bits per heavy atom. The summed E-state index contributed by atoms with van der Waals surface area (Å²) in [5.41, 5.74) is 1.80. The van der Waals surface area contributed by atoms with Gasteiger partial charge < -0.3 is 9.64 Å². The zero-order chi connectivity index (χ0) is 20.6. The van der Waals surface area contributed by atoms with Crippen LogP contribution in [0.25, 0.3) is 0 Å². The minimum absolute atomic E-state index is 0.0217. The van der Waals surface area contributed by atoms with Crippen LogP contribution in [-0.2, 0) is 26.0 Å². The van der Waals surface area contributed by atoms with Crippen LogP contribution in [-0.4, -0.2) is 33.4 Å². The third-order valence-electron chi connectivity index (χ3n) is 4.50. The number of nitrogens with zero attached hydrogens (tertiary/aromatic N) is 1. The molecule has 0 aromatic heterocycles. The zero-order valence-electron chi connectivity index (χ0n) is 15.5. The predicted octanol–water partition coefficient (Wildman–Crippen LogP) is 3.33. The monoisotopic (exact) mass is 466 g/mol. The van der Waals surface area contributed by atoms with E-state index in [0.717, 1.165) is 5.56 Å². The number of carbonyl (C=O) groups excluding carboxylic acids is 2. The first-order chi connectivity index (χ1) is 13.1. The molecule has 7 nitrogen and oxygen atoms in total. The van der Waals surface area contributed by atoms with Gasteiger partial charge in [-0.3, -0.25) is 9.52 Å². The van der Waals surface area contributed by atoms with Crippen LogP contribution in [0.1, 0.15) is 29.8 Å². The maximum absolute atomic E-state index is 13.1. The Labute approximate surface area is 171 Å². The van der Waals surface area contributed by atoms with E-state index in [2.05, 4.69) is 25.4 Å². The Kier molecular flexibility index (Phi) is 5.49. The van der Waals surface area contributed by atoms with Crippen LogP contribution in [0.15, 0.2) is 45.8 Å². The molecule has 0 radical (unpaired) electrons. The van der Waals surface area contributed by atoms with Crippen molar-refractivity contribution in [2.45, 2.75) is 31.2 Å². The van der Waals surface area contributed by atoms with Gasteiger partial charge in [0.2, 0.25) is 5.91 Å². The minimum Gasteiger partial charge on any atom is -0.465 e. The molecule has 0 aliphatic carbocycles. The standard InChI is InChI=1S/C19H19BrN2O5S/c1-11-8-14-9-15(20)10-17(18(14)22(11)12(2)23)28(25,26)21-16-6-4-13(5-7-16)19(24)27-3/h4-7,9-11,21H,8H2,1-3H3. The summed E-state index contributed by atoms with van der Waals surface area (Å²) in [6.07, 6.45) is 0.574. The second-order valence-electron chi connectivity index (χ2n) is 6.53. The molecule has 0 spiro atoms. The molecule has 1 unspecified atom stereocenters. The molecule has 9 heteroatoms. The van der Waals surface area contributed by atoms with Gasteiger partial charge in [-0.15, -0.1) is 0 Å². The molecule has 1 aliphatic rings. The molecule has 1 atom stereocenters. The van der Waals surface area contributed by atoms with Gasteiger partial charge in [-0.2, -0.15) is 0 Å². The molecule has 148 valence electrons. The van der Waals surface area contributed by atoms with Gasteiger partial charge in [-0.1, -0.05) is 15.9 Å². The molecule has 28 heavy (non-hydrogen) atoms. The number of sulfonamides is 1. The first-order valence-corrected chi connectivity index (χ1v) is 10.7. The molecule has 1 aliphatic heterocycles. The van der Waals surface area contributed by atoms with Gasteiger partial charge in [0.1, 0.15) is 4.90 Å². The fourth-order valence-corrected chi connectivity index (χ4v) is 5.34. The number of esters is 1.